The molecule has 0 bridgehead atoms. The molecule has 0 aromatic carbocycles. The molecular formula is C18H23N3S. The molecule has 2 aromatic rings. The average Bonchev–Trinajstić information content (AvgIpc) is 2.89. The van der Waals surface area contributed by atoms with Crippen molar-refractivity contribution in [3.05, 3.63) is 27.8 Å². The zero-order valence-corrected chi connectivity index (χ0v) is 14.2. The third-order valence-electron chi connectivity index (χ3n) is 4.89. The van der Waals surface area contributed by atoms with E-state index in [0.29, 0.717) is 6.04 Å². The predicted molar refractivity (Wildman–Crippen MR) is 94.0 cm³/mol. The summed E-state index contributed by atoms with van der Waals surface area (Å²) >= 11 is 1.81. The largest absolute Gasteiger partial charge is 0.366 e. The minimum atomic E-state index is 0.605. The molecule has 2 aromatic heterocycles. The van der Waals surface area contributed by atoms with Crippen molar-refractivity contribution in [3.8, 4) is 0 Å². The van der Waals surface area contributed by atoms with Gasteiger partial charge in [0.25, 0.3) is 0 Å². The number of pyridine rings is 1. The fraction of sp³-hybridized carbons (Fsp3) is 0.556. The second-order valence-corrected chi connectivity index (χ2v) is 7.67. The highest BCUT2D eigenvalue weighted by Gasteiger charge is 2.25. The van der Waals surface area contributed by atoms with Crippen LogP contribution in [0.25, 0.3) is 10.2 Å². The van der Waals surface area contributed by atoms with Crippen molar-refractivity contribution in [2.24, 2.45) is 4.99 Å². The highest BCUT2D eigenvalue weighted by atomic mass is 32.1. The van der Waals surface area contributed by atoms with E-state index in [2.05, 4.69) is 25.2 Å². The molecular weight excluding hydrogens is 290 g/mol. The summed E-state index contributed by atoms with van der Waals surface area (Å²) in [6.45, 7) is 5.09. The maximum absolute atomic E-state index is 4.79. The zero-order chi connectivity index (χ0) is 15.1. The van der Waals surface area contributed by atoms with Crippen molar-refractivity contribution in [2.75, 3.05) is 0 Å². The lowest BCUT2D eigenvalue weighted by atomic mass is 10.1. The number of nitrogens with zero attached hydrogens (tertiary/aromatic N) is 2. The Morgan fingerprint density at radius 3 is 2.68 bits per heavy atom. The number of thiophene rings is 1. The van der Waals surface area contributed by atoms with Gasteiger partial charge < -0.3 is 5.32 Å². The van der Waals surface area contributed by atoms with E-state index in [1.54, 1.807) is 0 Å². The van der Waals surface area contributed by atoms with Gasteiger partial charge >= 0.3 is 0 Å². The van der Waals surface area contributed by atoms with Crippen LogP contribution in [-0.2, 0) is 6.54 Å². The number of rotatable bonds is 1. The van der Waals surface area contributed by atoms with Crippen LogP contribution in [0.15, 0.2) is 11.1 Å². The van der Waals surface area contributed by atoms with Gasteiger partial charge in [-0.15, -0.1) is 11.3 Å². The first kappa shape index (κ1) is 14.2. The molecule has 3 heterocycles. The highest BCUT2D eigenvalue weighted by molar-refractivity contribution is 7.20. The molecule has 0 radical (unpaired) electrons. The Morgan fingerprint density at radius 1 is 1.14 bits per heavy atom. The highest BCUT2D eigenvalue weighted by Crippen LogP contribution is 2.36. The number of aryl methyl sites for hydroxylation is 2. The molecule has 116 valence electrons. The Morgan fingerprint density at radius 2 is 1.91 bits per heavy atom. The van der Waals surface area contributed by atoms with Crippen LogP contribution in [0.5, 0.6) is 0 Å². The second-order valence-electron chi connectivity index (χ2n) is 6.67. The minimum absolute atomic E-state index is 0.605. The first-order chi connectivity index (χ1) is 10.7. The quantitative estimate of drug-likeness (QED) is 0.788. The number of aliphatic imine (C=N–C) groups is 1. The third-order valence-corrected chi connectivity index (χ3v) is 6.03. The Kier molecular flexibility index (Phi) is 3.65. The fourth-order valence-corrected chi connectivity index (χ4v) is 5.09. The molecule has 1 saturated carbocycles. The van der Waals surface area contributed by atoms with Crippen LogP contribution in [0.3, 0.4) is 0 Å². The van der Waals surface area contributed by atoms with E-state index in [0.717, 1.165) is 18.1 Å². The summed E-state index contributed by atoms with van der Waals surface area (Å²) in [5.41, 5.74) is 3.84. The molecule has 0 spiro atoms. The van der Waals surface area contributed by atoms with Crippen LogP contribution >= 0.6 is 11.3 Å². The first-order valence-electron chi connectivity index (χ1n) is 8.43. The molecule has 0 saturated heterocycles. The van der Waals surface area contributed by atoms with Gasteiger partial charge in [0, 0.05) is 22.7 Å². The number of aromatic nitrogens is 1. The Hall–Kier alpha value is -1.42. The van der Waals surface area contributed by atoms with Crippen molar-refractivity contribution >= 4 is 27.4 Å². The lowest BCUT2D eigenvalue weighted by molar-refractivity contribution is 0.533. The van der Waals surface area contributed by atoms with Gasteiger partial charge in [0.2, 0.25) is 0 Å². The van der Waals surface area contributed by atoms with E-state index in [1.165, 1.54) is 64.7 Å². The number of fused-ring (bicyclic) bond motifs is 3. The average molecular weight is 313 g/mol. The normalized spacial score (nSPS) is 19.1. The Bertz CT molecular complexity index is 736. The summed E-state index contributed by atoms with van der Waals surface area (Å²) in [6.07, 6.45) is 8.06. The van der Waals surface area contributed by atoms with Gasteiger partial charge in [-0.2, -0.15) is 0 Å². The molecule has 4 heteroatoms. The van der Waals surface area contributed by atoms with E-state index in [-0.39, 0.29) is 0 Å². The lowest BCUT2D eigenvalue weighted by Gasteiger charge is -2.17. The number of amidine groups is 1. The van der Waals surface area contributed by atoms with Crippen molar-refractivity contribution in [2.45, 2.75) is 65.0 Å². The maximum Gasteiger partial charge on any atom is 0.139 e. The molecule has 1 N–H and O–H groups in total. The maximum atomic E-state index is 4.79. The fourth-order valence-electron chi connectivity index (χ4n) is 3.82. The molecule has 3 nitrogen and oxygen atoms in total. The monoisotopic (exact) mass is 313 g/mol. The van der Waals surface area contributed by atoms with E-state index in [9.17, 15) is 0 Å². The van der Waals surface area contributed by atoms with Crippen molar-refractivity contribution in [3.63, 3.8) is 0 Å². The van der Waals surface area contributed by atoms with E-state index in [1.807, 2.05) is 11.3 Å². The smallest absolute Gasteiger partial charge is 0.139 e. The minimum Gasteiger partial charge on any atom is -0.366 e. The van der Waals surface area contributed by atoms with Crippen LogP contribution < -0.4 is 5.32 Å². The summed E-state index contributed by atoms with van der Waals surface area (Å²) in [7, 11) is 0. The van der Waals surface area contributed by atoms with Gasteiger partial charge in [-0.05, 0) is 38.3 Å². The van der Waals surface area contributed by atoms with Gasteiger partial charge in [0.15, 0.2) is 0 Å². The standard InChI is InChI=1S/C18H23N3S/c1-11-9-12(2)20-18-15(11)14-10-19-17(16(14)22-18)21-13-7-5-3-4-6-8-13/h9,13H,3-8,10H2,1-2H3,(H,19,21). The molecule has 1 fully saturated rings. The van der Waals surface area contributed by atoms with Crippen LogP contribution in [0, 0.1) is 13.8 Å². The summed E-state index contributed by atoms with van der Waals surface area (Å²) in [6, 6.07) is 2.79. The van der Waals surface area contributed by atoms with Gasteiger partial charge in [-0.3, -0.25) is 4.99 Å². The summed E-state index contributed by atoms with van der Waals surface area (Å²) in [4.78, 5) is 12.0. The summed E-state index contributed by atoms with van der Waals surface area (Å²) in [5, 5.41) is 5.08. The SMILES string of the molecule is Cc1cc(C)c2c3c(sc2n1)C(NC1CCCCCC1)=NC3. The van der Waals surface area contributed by atoms with Crippen LogP contribution in [0.4, 0.5) is 0 Å². The third kappa shape index (κ3) is 2.43. The molecule has 1 aliphatic carbocycles. The molecule has 22 heavy (non-hydrogen) atoms. The van der Waals surface area contributed by atoms with E-state index < -0.39 is 0 Å². The summed E-state index contributed by atoms with van der Waals surface area (Å²) < 4.78 is 0. The van der Waals surface area contributed by atoms with Gasteiger partial charge in [-0.25, -0.2) is 4.98 Å². The lowest BCUT2D eigenvalue weighted by Crippen LogP contribution is -2.33. The molecule has 0 atom stereocenters. The van der Waals surface area contributed by atoms with Crippen LogP contribution in [0.1, 0.15) is 60.2 Å². The topological polar surface area (TPSA) is 37.3 Å². The number of hydrogen-bond donors (Lipinski definition) is 1. The van der Waals surface area contributed by atoms with Crippen molar-refractivity contribution in [1.29, 1.82) is 0 Å². The second kappa shape index (κ2) is 5.65. The van der Waals surface area contributed by atoms with Crippen LogP contribution in [-0.4, -0.2) is 16.9 Å². The van der Waals surface area contributed by atoms with Gasteiger partial charge in [0.05, 0.1) is 11.4 Å². The van der Waals surface area contributed by atoms with E-state index in [4.69, 9.17) is 9.98 Å². The van der Waals surface area contributed by atoms with Crippen LogP contribution in [0.2, 0.25) is 0 Å². The molecule has 2 aliphatic rings. The summed E-state index contributed by atoms with van der Waals surface area (Å²) in [5.74, 6) is 1.13. The molecule has 0 unspecified atom stereocenters. The van der Waals surface area contributed by atoms with Gasteiger partial charge in [-0.1, -0.05) is 25.7 Å². The number of nitrogens with one attached hydrogen (secondary N) is 1. The molecule has 1 aliphatic heterocycles. The molecule has 0 amide bonds. The predicted octanol–water partition coefficient (Wildman–Crippen LogP) is 4.49. The Labute approximate surface area is 135 Å². The molecule has 4 rings (SSSR count). The Balaban J connectivity index is 1.65. The van der Waals surface area contributed by atoms with Gasteiger partial charge in [0.1, 0.15) is 10.7 Å². The number of hydrogen-bond acceptors (Lipinski definition) is 4. The van der Waals surface area contributed by atoms with Crippen molar-refractivity contribution < 1.29 is 0 Å². The van der Waals surface area contributed by atoms with E-state index >= 15 is 0 Å². The zero-order valence-electron chi connectivity index (χ0n) is 13.4. The van der Waals surface area contributed by atoms with Crippen molar-refractivity contribution in [1.82, 2.24) is 10.3 Å². The first-order valence-corrected chi connectivity index (χ1v) is 9.25.